The van der Waals surface area contributed by atoms with E-state index in [-0.39, 0.29) is 18.5 Å². The highest BCUT2D eigenvalue weighted by atomic mass is 35.5. The van der Waals surface area contributed by atoms with E-state index in [0.717, 1.165) is 36.8 Å². The third-order valence-electron chi connectivity index (χ3n) is 3.74. The van der Waals surface area contributed by atoms with Crippen molar-refractivity contribution < 1.29 is 14.2 Å². The summed E-state index contributed by atoms with van der Waals surface area (Å²) in [6.45, 7) is 2.91. The number of benzene rings is 1. The van der Waals surface area contributed by atoms with Crippen LogP contribution in [0.4, 0.5) is 0 Å². The Bertz CT molecular complexity index is 621. The van der Waals surface area contributed by atoms with Gasteiger partial charge in [-0.3, -0.25) is 0 Å². The largest absolute Gasteiger partial charge is 0.488 e. The average molecular weight is 340 g/mol. The molecular weight excluding hydrogens is 322 g/mol. The van der Waals surface area contributed by atoms with Crippen molar-refractivity contribution in [3.8, 4) is 17.2 Å². The molecule has 1 aromatic heterocycles. The summed E-state index contributed by atoms with van der Waals surface area (Å²) in [5.74, 6) is 2.82. The SMILES string of the molecule is Cl.c1ccc2c(c1)CC(CNCc1scc3c1OCCO3)O2. The Balaban J connectivity index is 0.00000144. The number of hydrogen-bond donors (Lipinski definition) is 1. The molecule has 0 radical (unpaired) electrons. The van der Waals surface area contributed by atoms with Crippen LogP contribution in [0.5, 0.6) is 17.2 Å². The Labute approximate surface area is 139 Å². The highest BCUT2D eigenvalue weighted by Gasteiger charge is 2.23. The molecule has 1 atom stereocenters. The van der Waals surface area contributed by atoms with Crippen LogP contribution in [-0.2, 0) is 13.0 Å². The van der Waals surface area contributed by atoms with Gasteiger partial charge in [-0.25, -0.2) is 0 Å². The Morgan fingerprint density at radius 1 is 1.14 bits per heavy atom. The number of para-hydroxylation sites is 1. The van der Waals surface area contributed by atoms with Crippen LogP contribution < -0.4 is 19.5 Å². The van der Waals surface area contributed by atoms with E-state index >= 15 is 0 Å². The van der Waals surface area contributed by atoms with E-state index in [0.29, 0.717) is 13.2 Å². The van der Waals surface area contributed by atoms with Crippen molar-refractivity contribution in [3.05, 3.63) is 40.1 Å². The zero-order valence-corrected chi connectivity index (χ0v) is 13.7. The van der Waals surface area contributed by atoms with Crippen LogP contribution in [0.2, 0.25) is 0 Å². The number of rotatable bonds is 4. The maximum atomic E-state index is 5.92. The molecule has 2 aliphatic heterocycles. The molecule has 1 aromatic carbocycles. The molecule has 0 amide bonds. The van der Waals surface area contributed by atoms with Gasteiger partial charge in [-0.15, -0.1) is 23.7 Å². The monoisotopic (exact) mass is 339 g/mol. The third-order valence-corrected chi connectivity index (χ3v) is 4.69. The van der Waals surface area contributed by atoms with E-state index < -0.39 is 0 Å². The molecule has 4 nitrogen and oxygen atoms in total. The van der Waals surface area contributed by atoms with Crippen LogP contribution in [0.1, 0.15) is 10.4 Å². The first-order chi connectivity index (χ1) is 10.4. The van der Waals surface area contributed by atoms with E-state index in [4.69, 9.17) is 14.2 Å². The molecule has 0 spiro atoms. The molecule has 1 N–H and O–H groups in total. The van der Waals surface area contributed by atoms with Gasteiger partial charge in [-0.1, -0.05) is 18.2 Å². The third kappa shape index (κ3) is 3.02. The lowest BCUT2D eigenvalue weighted by Gasteiger charge is -2.16. The lowest BCUT2D eigenvalue weighted by molar-refractivity contribution is 0.171. The molecular formula is C16H18ClNO3S. The van der Waals surface area contributed by atoms with Gasteiger partial charge in [-0.2, -0.15) is 0 Å². The molecule has 1 unspecified atom stereocenters. The lowest BCUT2D eigenvalue weighted by atomic mass is 10.1. The van der Waals surface area contributed by atoms with E-state index in [1.165, 1.54) is 10.4 Å². The number of ether oxygens (including phenoxy) is 3. The Morgan fingerprint density at radius 2 is 2.00 bits per heavy atom. The van der Waals surface area contributed by atoms with Crippen molar-refractivity contribution in [3.63, 3.8) is 0 Å². The van der Waals surface area contributed by atoms with Crippen LogP contribution in [0.3, 0.4) is 0 Å². The van der Waals surface area contributed by atoms with Gasteiger partial charge in [0.15, 0.2) is 11.5 Å². The molecule has 0 aliphatic carbocycles. The van der Waals surface area contributed by atoms with Crippen molar-refractivity contribution in [2.24, 2.45) is 0 Å². The fraction of sp³-hybridized carbons (Fsp3) is 0.375. The molecule has 118 valence electrons. The second-order valence-corrected chi connectivity index (χ2v) is 6.20. The van der Waals surface area contributed by atoms with Crippen LogP contribution in [0.25, 0.3) is 0 Å². The van der Waals surface area contributed by atoms with E-state index in [1.54, 1.807) is 11.3 Å². The minimum Gasteiger partial charge on any atom is -0.488 e. The summed E-state index contributed by atoms with van der Waals surface area (Å²) in [7, 11) is 0. The number of halogens is 1. The smallest absolute Gasteiger partial charge is 0.176 e. The highest BCUT2D eigenvalue weighted by molar-refractivity contribution is 7.10. The molecule has 6 heteroatoms. The number of thiophene rings is 1. The summed E-state index contributed by atoms with van der Waals surface area (Å²) in [4.78, 5) is 1.19. The summed E-state index contributed by atoms with van der Waals surface area (Å²) < 4.78 is 17.2. The fourth-order valence-electron chi connectivity index (χ4n) is 2.75. The van der Waals surface area contributed by atoms with Gasteiger partial charge in [0.25, 0.3) is 0 Å². The van der Waals surface area contributed by atoms with E-state index in [2.05, 4.69) is 17.4 Å². The summed E-state index contributed by atoms with van der Waals surface area (Å²) in [5, 5.41) is 5.49. The first-order valence-electron chi connectivity index (χ1n) is 7.21. The van der Waals surface area contributed by atoms with Gasteiger partial charge in [0.2, 0.25) is 0 Å². The van der Waals surface area contributed by atoms with Gasteiger partial charge in [-0.05, 0) is 11.6 Å². The van der Waals surface area contributed by atoms with Gasteiger partial charge >= 0.3 is 0 Å². The Morgan fingerprint density at radius 3 is 2.91 bits per heavy atom. The van der Waals surface area contributed by atoms with Crippen LogP contribution in [0.15, 0.2) is 29.6 Å². The molecule has 2 aliphatic rings. The molecule has 22 heavy (non-hydrogen) atoms. The summed E-state index contributed by atoms with van der Waals surface area (Å²) in [6, 6.07) is 8.25. The van der Waals surface area contributed by atoms with E-state index in [9.17, 15) is 0 Å². The van der Waals surface area contributed by atoms with Gasteiger partial charge in [0.1, 0.15) is 25.1 Å². The predicted octanol–water partition coefficient (Wildman–Crippen LogP) is 3.03. The number of fused-ring (bicyclic) bond motifs is 2. The molecule has 3 heterocycles. The normalized spacial score (nSPS) is 18.3. The van der Waals surface area contributed by atoms with Crippen LogP contribution in [0, 0.1) is 0 Å². The fourth-order valence-corrected chi connectivity index (χ4v) is 3.63. The summed E-state index contributed by atoms with van der Waals surface area (Å²) >= 11 is 1.68. The molecule has 0 saturated heterocycles. The zero-order valence-electron chi connectivity index (χ0n) is 12.0. The molecule has 2 aromatic rings. The second-order valence-electron chi connectivity index (χ2n) is 5.23. The Hall–Kier alpha value is -1.43. The summed E-state index contributed by atoms with van der Waals surface area (Å²) in [5.41, 5.74) is 1.30. The second kappa shape index (κ2) is 6.77. The van der Waals surface area contributed by atoms with Gasteiger partial charge in [0, 0.05) is 24.9 Å². The molecule has 4 rings (SSSR count). The standard InChI is InChI=1S/C16H17NO3S.ClH/c1-2-4-13-11(3-1)7-12(20-13)8-17-9-15-16-14(10-21-15)18-5-6-19-16;/h1-4,10,12,17H,5-9H2;1H. The first kappa shape index (κ1) is 15.5. The molecule has 0 fully saturated rings. The van der Waals surface area contributed by atoms with E-state index in [1.807, 2.05) is 17.5 Å². The first-order valence-corrected chi connectivity index (χ1v) is 8.09. The summed E-state index contributed by atoms with van der Waals surface area (Å²) in [6.07, 6.45) is 1.20. The van der Waals surface area contributed by atoms with Crippen molar-refractivity contribution in [1.29, 1.82) is 0 Å². The van der Waals surface area contributed by atoms with Crippen LogP contribution >= 0.6 is 23.7 Å². The topological polar surface area (TPSA) is 39.7 Å². The number of hydrogen-bond acceptors (Lipinski definition) is 5. The van der Waals surface area contributed by atoms with Crippen molar-refractivity contribution in [2.45, 2.75) is 19.1 Å². The van der Waals surface area contributed by atoms with Crippen LogP contribution in [-0.4, -0.2) is 25.9 Å². The maximum Gasteiger partial charge on any atom is 0.176 e. The predicted molar refractivity (Wildman–Crippen MR) is 88.8 cm³/mol. The van der Waals surface area contributed by atoms with Crippen molar-refractivity contribution in [1.82, 2.24) is 5.32 Å². The molecule has 0 bridgehead atoms. The average Bonchev–Trinajstić information content (AvgIpc) is 3.11. The quantitative estimate of drug-likeness (QED) is 0.929. The van der Waals surface area contributed by atoms with Gasteiger partial charge < -0.3 is 19.5 Å². The van der Waals surface area contributed by atoms with Gasteiger partial charge in [0.05, 0.1) is 4.88 Å². The molecule has 0 saturated carbocycles. The minimum atomic E-state index is 0. The van der Waals surface area contributed by atoms with Crippen molar-refractivity contribution in [2.75, 3.05) is 19.8 Å². The Kier molecular flexibility index (Phi) is 4.76. The highest BCUT2D eigenvalue weighted by Crippen LogP contribution is 2.39. The zero-order chi connectivity index (χ0) is 14.1. The van der Waals surface area contributed by atoms with Crippen molar-refractivity contribution >= 4 is 23.7 Å². The number of nitrogens with one attached hydrogen (secondary N) is 1. The minimum absolute atomic E-state index is 0. The lowest BCUT2D eigenvalue weighted by Crippen LogP contribution is -2.29. The maximum absolute atomic E-state index is 5.92.